The molecule has 2 N–H and O–H groups in total. The third-order valence-electron chi connectivity index (χ3n) is 4.29. The number of benzene rings is 1. The van der Waals surface area contributed by atoms with Gasteiger partial charge in [0.25, 0.3) is 0 Å². The van der Waals surface area contributed by atoms with Crippen LogP contribution in [0.1, 0.15) is 25.8 Å². The van der Waals surface area contributed by atoms with Crippen LogP contribution in [0.4, 0.5) is 4.39 Å². The Kier molecular flexibility index (Phi) is 6.31. The lowest BCUT2D eigenvalue weighted by molar-refractivity contribution is -0.140. The fourth-order valence-electron chi connectivity index (χ4n) is 2.94. The van der Waals surface area contributed by atoms with Gasteiger partial charge in [-0.25, -0.2) is 4.39 Å². The van der Waals surface area contributed by atoms with E-state index < -0.39 is 6.04 Å². The van der Waals surface area contributed by atoms with E-state index in [1.165, 1.54) is 6.07 Å². The van der Waals surface area contributed by atoms with E-state index in [0.717, 1.165) is 0 Å². The zero-order valence-electron chi connectivity index (χ0n) is 14.4. The molecule has 5 nitrogen and oxygen atoms in total. The summed E-state index contributed by atoms with van der Waals surface area (Å²) >= 11 is 0. The number of hydrogen-bond acceptors (Lipinski definition) is 3. The van der Waals surface area contributed by atoms with Gasteiger partial charge in [-0.2, -0.15) is 0 Å². The number of nitrogens with two attached hydrogens (primary N) is 1. The van der Waals surface area contributed by atoms with Crippen molar-refractivity contribution in [3.8, 4) is 0 Å². The summed E-state index contributed by atoms with van der Waals surface area (Å²) in [6.45, 7) is 5.96. The smallest absolute Gasteiger partial charge is 0.239 e. The van der Waals surface area contributed by atoms with E-state index in [2.05, 4.69) is 0 Å². The second kappa shape index (κ2) is 8.24. The standard InChI is InChI=1S/C18H26FN3O2/c1-13(2)11-16(20)18(24)22-9-7-21(8-10-22)17(23)12-14-5-3-4-6-15(14)19/h3-6,13,16H,7-12,20H2,1-2H3/t16-/m0/s1. The van der Waals surface area contributed by atoms with Crippen LogP contribution in [-0.2, 0) is 16.0 Å². The molecule has 1 aromatic rings. The first-order chi connectivity index (χ1) is 11.4. The molecule has 2 rings (SSSR count). The lowest BCUT2D eigenvalue weighted by atomic mass is 10.0. The fraction of sp³-hybridized carbons (Fsp3) is 0.556. The second-order valence-corrected chi connectivity index (χ2v) is 6.71. The molecule has 0 unspecified atom stereocenters. The summed E-state index contributed by atoms with van der Waals surface area (Å²) in [5.41, 5.74) is 6.35. The van der Waals surface area contributed by atoms with E-state index in [4.69, 9.17) is 5.73 Å². The number of nitrogens with zero attached hydrogens (tertiary/aromatic N) is 2. The second-order valence-electron chi connectivity index (χ2n) is 6.71. The van der Waals surface area contributed by atoms with Crippen LogP contribution >= 0.6 is 0 Å². The Morgan fingerprint density at radius 3 is 2.29 bits per heavy atom. The zero-order chi connectivity index (χ0) is 17.7. The highest BCUT2D eigenvalue weighted by molar-refractivity contribution is 5.82. The van der Waals surface area contributed by atoms with Gasteiger partial charge in [0.1, 0.15) is 5.82 Å². The van der Waals surface area contributed by atoms with Gasteiger partial charge in [-0.15, -0.1) is 0 Å². The average Bonchev–Trinajstić information content (AvgIpc) is 2.55. The first kappa shape index (κ1) is 18.4. The van der Waals surface area contributed by atoms with Crippen LogP contribution in [-0.4, -0.2) is 53.8 Å². The molecule has 0 radical (unpaired) electrons. The van der Waals surface area contributed by atoms with Crippen LogP contribution in [0.5, 0.6) is 0 Å². The van der Waals surface area contributed by atoms with Gasteiger partial charge in [0.15, 0.2) is 0 Å². The molecule has 1 aromatic carbocycles. The van der Waals surface area contributed by atoms with Gasteiger partial charge in [-0.05, 0) is 24.0 Å². The Morgan fingerprint density at radius 2 is 1.71 bits per heavy atom. The Hall–Kier alpha value is -1.95. The van der Waals surface area contributed by atoms with Crippen molar-refractivity contribution in [2.24, 2.45) is 11.7 Å². The number of piperazine rings is 1. The lowest BCUT2D eigenvalue weighted by Gasteiger charge is -2.36. The van der Waals surface area contributed by atoms with Crippen molar-refractivity contribution >= 4 is 11.8 Å². The average molecular weight is 335 g/mol. The first-order valence-corrected chi connectivity index (χ1v) is 8.44. The Morgan fingerprint density at radius 1 is 1.12 bits per heavy atom. The Bertz CT molecular complexity index is 583. The minimum atomic E-state index is -0.481. The predicted molar refractivity (Wildman–Crippen MR) is 90.7 cm³/mol. The van der Waals surface area contributed by atoms with Gasteiger partial charge in [0.2, 0.25) is 11.8 Å². The summed E-state index contributed by atoms with van der Waals surface area (Å²) in [7, 11) is 0. The van der Waals surface area contributed by atoms with Gasteiger partial charge in [-0.1, -0.05) is 32.0 Å². The zero-order valence-corrected chi connectivity index (χ0v) is 14.4. The van der Waals surface area contributed by atoms with E-state index in [1.807, 2.05) is 13.8 Å². The van der Waals surface area contributed by atoms with Crippen LogP contribution in [0.25, 0.3) is 0 Å². The Labute approximate surface area is 142 Å². The summed E-state index contributed by atoms with van der Waals surface area (Å²) in [6, 6.07) is 5.82. The maximum Gasteiger partial charge on any atom is 0.239 e. The highest BCUT2D eigenvalue weighted by Gasteiger charge is 2.27. The third-order valence-corrected chi connectivity index (χ3v) is 4.29. The number of carbonyl (C=O) groups excluding carboxylic acids is 2. The minimum Gasteiger partial charge on any atom is -0.339 e. The molecule has 132 valence electrons. The normalized spacial score (nSPS) is 16.4. The maximum atomic E-state index is 13.6. The molecule has 1 fully saturated rings. The molecular formula is C18H26FN3O2. The minimum absolute atomic E-state index is 0.0491. The monoisotopic (exact) mass is 335 g/mol. The summed E-state index contributed by atoms with van der Waals surface area (Å²) in [6.07, 6.45) is 0.707. The van der Waals surface area contributed by atoms with Crippen LogP contribution < -0.4 is 5.73 Å². The summed E-state index contributed by atoms with van der Waals surface area (Å²) in [4.78, 5) is 28.0. The number of hydrogen-bond donors (Lipinski definition) is 1. The van der Waals surface area contributed by atoms with Gasteiger partial charge < -0.3 is 15.5 Å². The third kappa shape index (κ3) is 4.77. The van der Waals surface area contributed by atoms with Gasteiger partial charge in [0.05, 0.1) is 12.5 Å². The van der Waals surface area contributed by atoms with E-state index in [1.54, 1.807) is 28.0 Å². The lowest BCUT2D eigenvalue weighted by Crippen LogP contribution is -2.54. The first-order valence-electron chi connectivity index (χ1n) is 8.44. The molecule has 2 amide bonds. The van der Waals surface area contributed by atoms with E-state index in [0.29, 0.717) is 44.1 Å². The van der Waals surface area contributed by atoms with Gasteiger partial charge in [-0.3, -0.25) is 9.59 Å². The highest BCUT2D eigenvalue weighted by atomic mass is 19.1. The maximum absolute atomic E-state index is 13.6. The topological polar surface area (TPSA) is 66.6 Å². The van der Waals surface area contributed by atoms with Crippen molar-refractivity contribution in [1.82, 2.24) is 9.80 Å². The summed E-state index contributed by atoms with van der Waals surface area (Å²) in [5.74, 6) is -0.157. The SMILES string of the molecule is CC(C)C[C@H](N)C(=O)N1CCN(C(=O)Cc2ccccc2F)CC1. The highest BCUT2D eigenvalue weighted by Crippen LogP contribution is 2.12. The molecule has 1 atom stereocenters. The van der Waals surface area contributed by atoms with Crippen LogP contribution in [0, 0.1) is 11.7 Å². The van der Waals surface area contributed by atoms with E-state index in [-0.39, 0.29) is 24.1 Å². The van der Waals surface area contributed by atoms with Crippen molar-refractivity contribution in [3.63, 3.8) is 0 Å². The molecule has 1 aliphatic heterocycles. The van der Waals surface area contributed by atoms with Crippen LogP contribution in [0.3, 0.4) is 0 Å². The number of amides is 2. The molecule has 6 heteroatoms. The number of rotatable bonds is 5. The number of halogens is 1. The quantitative estimate of drug-likeness (QED) is 0.885. The molecule has 1 aliphatic rings. The molecule has 0 spiro atoms. The van der Waals surface area contributed by atoms with Crippen molar-refractivity contribution in [2.45, 2.75) is 32.7 Å². The molecule has 0 saturated carbocycles. The van der Waals surface area contributed by atoms with Crippen LogP contribution in [0.15, 0.2) is 24.3 Å². The van der Waals surface area contributed by atoms with Gasteiger partial charge >= 0.3 is 0 Å². The molecule has 1 heterocycles. The van der Waals surface area contributed by atoms with Crippen molar-refractivity contribution < 1.29 is 14.0 Å². The van der Waals surface area contributed by atoms with Crippen molar-refractivity contribution in [2.75, 3.05) is 26.2 Å². The van der Waals surface area contributed by atoms with Crippen molar-refractivity contribution in [3.05, 3.63) is 35.6 Å². The molecule has 0 bridgehead atoms. The molecule has 24 heavy (non-hydrogen) atoms. The summed E-state index contributed by atoms with van der Waals surface area (Å²) < 4.78 is 13.6. The van der Waals surface area contributed by atoms with Crippen LogP contribution in [0.2, 0.25) is 0 Å². The summed E-state index contributed by atoms with van der Waals surface area (Å²) in [5, 5.41) is 0. The largest absolute Gasteiger partial charge is 0.339 e. The molecule has 0 aliphatic carbocycles. The van der Waals surface area contributed by atoms with Gasteiger partial charge in [0, 0.05) is 26.2 Å². The molecular weight excluding hydrogens is 309 g/mol. The van der Waals surface area contributed by atoms with E-state index in [9.17, 15) is 14.0 Å². The number of carbonyl (C=O) groups is 2. The fourth-order valence-corrected chi connectivity index (χ4v) is 2.94. The molecule has 0 aromatic heterocycles. The predicted octanol–water partition coefficient (Wildman–Crippen LogP) is 1.41. The Balaban J connectivity index is 1.85. The van der Waals surface area contributed by atoms with Crippen molar-refractivity contribution in [1.29, 1.82) is 0 Å². The molecule has 1 saturated heterocycles. The van der Waals surface area contributed by atoms with E-state index >= 15 is 0 Å².